The van der Waals surface area contributed by atoms with E-state index in [4.69, 9.17) is 17.0 Å². The summed E-state index contributed by atoms with van der Waals surface area (Å²) in [6.45, 7) is 0.341. The van der Waals surface area contributed by atoms with Crippen LogP contribution in [0, 0.1) is 0 Å². The molecule has 146 valence electrons. The fourth-order valence-electron chi connectivity index (χ4n) is 3.26. The lowest BCUT2D eigenvalue weighted by molar-refractivity contribution is -0.145. The standard InChI is InChI=1S/C22H17NO4S2/c24-20-19(12-15-10-16-8-4-5-9-18(16)27-13-15)29-22(28)23(20)17(21(25)26)11-14-6-2-1-3-7-14/h1-10,12,17H,11,13H2,(H,25,26)/b19-12-/t17-/m0/s1. The fourth-order valence-corrected chi connectivity index (χ4v) is 4.63. The predicted molar refractivity (Wildman–Crippen MR) is 117 cm³/mol. The number of aliphatic carboxylic acids is 1. The molecule has 2 aromatic carbocycles. The molecule has 1 fully saturated rings. The number of ether oxygens (including phenoxy) is 1. The summed E-state index contributed by atoms with van der Waals surface area (Å²) in [5, 5.41) is 9.73. The lowest BCUT2D eigenvalue weighted by Gasteiger charge is -2.23. The molecule has 0 spiro atoms. The third kappa shape index (κ3) is 4.11. The molecule has 7 heteroatoms. The Hall–Kier alpha value is -2.90. The Kier molecular flexibility index (Phi) is 5.51. The normalized spacial score (nSPS) is 18.3. The second-order valence-corrected chi connectivity index (χ2v) is 8.32. The number of rotatable bonds is 5. The largest absolute Gasteiger partial charge is 0.488 e. The number of nitrogens with zero attached hydrogens (tertiary/aromatic N) is 1. The smallest absolute Gasteiger partial charge is 0.327 e. The topological polar surface area (TPSA) is 66.8 Å². The molecular formula is C22H17NO4S2. The van der Waals surface area contributed by atoms with Gasteiger partial charge in [-0.3, -0.25) is 9.69 Å². The molecule has 0 unspecified atom stereocenters. The van der Waals surface area contributed by atoms with Gasteiger partial charge < -0.3 is 9.84 Å². The number of benzene rings is 2. The summed E-state index contributed by atoms with van der Waals surface area (Å²) in [4.78, 5) is 26.5. The Morgan fingerprint density at radius 2 is 1.93 bits per heavy atom. The van der Waals surface area contributed by atoms with Gasteiger partial charge in [0.2, 0.25) is 0 Å². The highest BCUT2D eigenvalue weighted by molar-refractivity contribution is 8.26. The van der Waals surface area contributed by atoms with Crippen LogP contribution in [0.5, 0.6) is 5.75 Å². The number of hydrogen-bond donors (Lipinski definition) is 1. The molecule has 1 amide bonds. The van der Waals surface area contributed by atoms with Gasteiger partial charge >= 0.3 is 5.97 Å². The minimum Gasteiger partial charge on any atom is -0.488 e. The third-order valence-corrected chi connectivity index (χ3v) is 5.99. The molecule has 0 saturated carbocycles. The summed E-state index contributed by atoms with van der Waals surface area (Å²) in [6, 6.07) is 15.8. The van der Waals surface area contributed by atoms with Gasteiger partial charge in [0.25, 0.3) is 5.91 Å². The van der Waals surface area contributed by atoms with Gasteiger partial charge in [0, 0.05) is 12.0 Å². The second-order valence-electron chi connectivity index (χ2n) is 6.64. The van der Waals surface area contributed by atoms with E-state index in [2.05, 4.69) is 0 Å². The van der Waals surface area contributed by atoms with E-state index >= 15 is 0 Å². The summed E-state index contributed by atoms with van der Waals surface area (Å²) in [5.74, 6) is -0.672. The Labute approximate surface area is 177 Å². The van der Waals surface area contributed by atoms with Crippen molar-refractivity contribution in [1.82, 2.24) is 4.90 Å². The summed E-state index contributed by atoms with van der Waals surface area (Å²) in [5.41, 5.74) is 2.60. The van der Waals surface area contributed by atoms with Crippen LogP contribution in [0.1, 0.15) is 11.1 Å². The van der Waals surface area contributed by atoms with Crippen LogP contribution in [0.4, 0.5) is 0 Å². The summed E-state index contributed by atoms with van der Waals surface area (Å²) in [6.07, 6.45) is 3.88. The van der Waals surface area contributed by atoms with Crippen molar-refractivity contribution < 1.29 is 19.4 Å². The highest BCUT2D eigenvalue weighted by Gasteiger charge is 2.40. The molecule has 1 N–H and O–H groups in total. The predicted octanol–water partition coefficient (Wildman–Crippen LogP) is 3.90. The first-order valence-corrected chi connectivity index (χ1v) is 10.2. The Balaban J connectivity index is 1.59. The van der Waals surface area contributed by atoms with Crippen LogP contribution >= 0.6 is 24.0 Å². The van der Waals surface area contributed by atoms with Crippen molar-refractivity contribution in [2.24, 2.45) is 0 Å². The van der Waals surface area contributed by atoms with Gasteiger partial charge in [0.15, 0.2) is 0 Å². The minimum atomic E-state index is -1.08. The SMILES string of the molecule is O=C(O)[C@H](Cc1ccccc1)N1C(=O)/C(=C/C2=Cc3ccccc3OC2)SC1=S. The molecule has 2 aliphatic heterocycles. The highest BCUT2D eigenvalue weighted by Crippen LogP contribution is 2.35. The number of carboxylic acids is 1. The zero-order valence-electron chi connectivity index (χ0n) is 15.3. The maximum Gasteiger partial charge on any atom is 0.327 e. The highest BCUT2D eigenvalue weighted by atomic mass is 32.2. The molecule has 2 heterocycles. The lowest BCUT2D eigenvalue weighted by atomic mass is 10.0. The molecule has 2 aromatic rings. The zero-order chi connectivity index (χ0) is 20.4. The van der Waals surface area contributed by atoms with Gasteiger partial charge in [-0.05, 0) is 29.4 Å². The van der Waals surface area contributed by atoms with Crippen molar-refractivity contribution >= 4 is 46.3 Å². The lowest BCUT2D eigenvalue weighted by Crippen LogP contribution is -2.45. The molecule has 0 bridgehead atoms. The first-order valence-electron chi connectivity index (χ1n) is 8.99. The number of para-hydroxylation sites is 1. The maximum atomic E-state index is 13.0. The van der Waals surface area contributed by atoms with Crippen LogP contribution in [-0.4, -0.2) is 38.9 Å². The minimum absolute atomic E-state index is 0.190. The van der Waals surface area contributed by atoms with E-state index in [1.165, 1.54) is 4.90 Å². The first kappa shape index (κ1) is 19.4. The van der Waals surface area contributed by atoms with E-state index in [0.29, 0.717) is 11.5 Å². The van der Waals surface area contributed by atoms with Gasteiger partial charge in [-0.2, -0.15) is 0 Å². The molecule has 1 saturated heterocycles. The van der Waals surface area contributed by atoms with Crippen molar-refractivity contribution in [2.75, 3.05) is 6.61 Å². The van der Waals surface area contributed by atoms with Gasteiger partial charge in [-0.1, -0.05) is 72.5 Å². The van der Waals surface area contributed by atoms with Crippen LogP contribution in [0.15, 0.2) is 71.2 Å². The van der Waals surface area contributed by atoms with Crippen LogP contribution in [0.2, 0.25) is 0 Å². The zero-order valence-corrected chi connectivity index (χ0v) is 16.9. The monoisotopic (exact) mass is 423 g/mol. The van der Waals surface area contributed by atoms with Gasteiger partial charge in [0.05, 0.1) is 4.91 Å². The molecule has 1 atom stereocenters. The second kappa shape index (κ2) is 8.23. The number of fused-ring (bicyclic) bond motifs is 1. The number of carboxylic acid groups (broad SMARTS) is 1. The maximum absolute atomic E-state index is 13.0. The molecule has 0 radical (unpaired) electrons. The quantitative estimate of drug-likeness (QED) is 0.581. The number of thioether (sulfide) groups is 1. The van der Waals surface area contributed by atoms with Crippen LogP contribution < -0.4 is 4.74 Å². The summed E-state index contributed by atoms with van der Waals surface area (Å²) in [7, 11) is 0. The van der Waals surface area contributed by atoms with E-state index in [9.17, 15) is 14.7 Å². The van der Waals surface area contributed by atoms with E-state index < -0.39 is 12.0 Å². The van der Waals surface area contributed by atoms with Crippen molar-refractivity contribution in [3.05, 3.63) is 82.3 Å². The first-order chi connectivity index (χ1) is 14.0. The van der Waals surface area contributed by atoms with Crippen molar-refractivity contribution in [3.8, 4) is 5.75 Å². The Morgan fingerprint density at radius 3 is 2.69 bits per heavy atom. The van der Waals surface area contributed by atoms with Crippen LogP contribution in [-0.2, 0) is 16.0 Å². The van der Waals surface area contributed by atoms with Gasteiger partial charge in [0.1, 0.15) is 22.7 Å². The van der Waals surface area contributed by atoms with E-state index in [0.717, 1.165) is 34.2 Å². The number of hydrogen-bond acceptors (Lipinski definition) is 5. The number of thiocarbonyl (C=S) groups is 1. The third-order valence-electron chi connectivity index (χ3n) is 4.66. The average molecular weight is 424 g/mol. The molecule has 2 aliphatic rings. The van der Waals surface area contributed by atoms with Gasteiger partial charge in [-0.15, -0.1) is 0 Å². The number of carbonyl (C=O) groups excluding carboxylic acids is 1. The van der Waals surface area contributed by atoms with Gasteiger partial charge in [-0.25, -0.2) is 4.79 Å². The Morgan fingerprint density at radius 1 is 1.21 bits per heavy atom. The molecule has 5 nitrogen and oxygen atoms in total. The van der Waals surface area contributed by atoms with Crippen molar-refractivity contribution in [2.45, 2.75) is 12.5 Å². The molecule has 4 rings (SSSR count). The van der Waals surface area contributed by atoms with E-state index in [1.807, 2.05) is 60.7 Å². The van der Waals surface area contributed by atoms with Crippen molar-refractivity contribution in [3.63, 3.8) is 0 Å². The summed E-state index contributed by atoms with van der Waals surface area (Å²) >= 11 is 6.47. The number of carbonyl (C=O) groups is 2. The average Bonchev–Trinajstić information content (AvgIpc) is 2.99. The van der Waals surface area contributed by atoms with Crippen LogP contribution in [0.3, 0.4) is 0 Å². The molecule has 29 heavy (non-hydrogen) atoms. The van der Waals surface area contributed by atoms with E-state index in [1.54, 1.807) is 6.08 Å². The van der Waals surface area contributed by atoms with E-state index in [-0.39, 0.29) is 16.6 Å². The Bertz CT molecular complexity index is 1050. The molecule has 0 aromatic heterocycles. The molecule has 0 aliphatic carbocycles. The molecular weight excluding hydrogens is 406 g/mol. The van der Waals surface area contributed by atoms with Crippen LogP contribution in [0.25, 0.3) is 6.08 Å². The number of amides is 1. The van der Waals surface area contributed by atoms with Crippen molar-refractivity contribution in [1.29, 1.82) is 0 Å². The summed E-state index contributed by atoms with van der Waals surface area (Å²) < 4.78 is 5.98. The fraction of sp³-hybridized carbons (Fsp3) is 0.136.